The summed E-state index contributed by atoms with van der Waals surface area (Å²) in [6.07, 6.45) is 0.968. The molecule has 0 heterocycles. The number of hydrogen-bond acceptors (Lipinski definition) is 4. The molecule has 0 bridgehead atoms. The Morgan fingerprint density at radius 1 is 1.15 bits per heavy atom. The number of carbonyl (C=O) groups is 1. The first-order valence-corrected chi connectivity index (χ1v) is 8.68. The molecule has 0 spiro atoms. The van der Waals surface area contributed by atoms with E-state index in [4.69, 9.17) is 9.47 Å². The molecule has 2 rings (SSSR count). The molecule has 26 heavy (non-hydrogen) atoms. The first-order chi connectivity index (χ1) is 12.5. The van der Waals surface area contributed by atoms with Crippen LogP contribution in [-0.4, -0.2) is 24.9 Å². The average molecular weight is 358 g/mol. The number of hydroxylamine groups is 1. The van der Waals surface area contributed by atoms with Crippen molar-refractivity contribution in [3.63, 3.8) is 0 Å². The summed E-state index contributed by atoms with van der Waals surface area (Å²) in [6, 6.07) is 10.6. The van der Waals surface area contributed by atoms with Gasteiger partial charge in [0.15, 0.2) is 0 Å². The largest absolute Gasteiger partial charge is 0.494 e. The first-order valence-electron chi connectivity index (χ1n) is 8.68. The van der Waals surface area contributed by atoms with Gasteiger partial charge in [0.25, 0.3) is 0 Å². The summed E-state index contributed by atoms with van der Waals surface area (Å²) in [7, 11) is 1.45. The summed E-state index contributed by atoms with van der Waals surface area (Å²) in [5.74, 6) is 1.34. The maximum atomic E-state index is 11.8. The third kappa shape index (κ3) is 4.67. The number of anilines is 1. The number of nitrogens with zero attached hydrogens (tertiary/aromatic N) is 1. The zero-order valence-electron chi connectivity index (χ0n) is 15.7. The van der Waals surface area contributed by atoms with Crippen molar-refractivity contribution >= 4 is 11.7 Å². The van der Waals surface area contributed by atoms with Crippen LogP contribution in [-0.2, 0) is 13.0 Å². The van der Waals surface area contributed by atoms with Crippen LogP contribution in [0.2, 0.25) is 0 Å². The van der Waals surface area contributed by atoms with Crippen LogP contribution in [0.3, 0.4) is 0 Å². The zero-order chi connectivity index (χ0) is 19.1. The summed E-state index contributed by atoms with van der Waals surface area (Å²) in [6.45, 7) is 6.67. The van der Waals surface area contributed by atoms with E-state index < -0.39 is 6.03 Å². The molecule has 0 aliphatic carbocycles. The van der Waals surface area contributed by atoms with E-state index in [0.29, 0.717) is 28.7 Å². The van der Waals surface area contributed by atoms with Crippen LogP contribution in [0.1, 0.15) is 30.5 Å². The van der Waals surface area contributed by atoms with E-state index in [0.717, 1.165) is 17.7 Å². The van der Waals surface area contributed by atoms with Gasteiger partial charge in [-0.05, 0) is 49.6 Å². The molecule has 0 aromatic heterocycles. The molecule has 0 atom stereocenters. The lowest BCUT2D eigenvalue weighted by atomic mass is 10.1. The van der Waals surface area contributed by atoms with Gasteiger partial charge >= 0.3 is 6.03 Å². The fraction of sp³-hybridized carbons (Fsp3) is 0.350. The highest BCUT2D eigenvalue weighted by atomic mass is 16.5. The number of ether oxygens (including phenoxy) is 2. The summed E-state index contributed by atoms with van der Waals surface area (Å²) in [5, 5.41) is 13.1. The standard InChI is InChI=1S/C20H26N2O4/c1-5-15-7-10-19(14(3)11-15)26-13-16-8-9-17(25-6-2)12-18(16)22(24)20(23)21-4/h7-12,24H,5-6,13H2,1-4H3,(H,21,23). The van der Waals surface area contributed by atoms with Gasteiger partial charge in [-0.15, -0.1) is 0 Å². The number of rotatable bonds is 7. The Morgan fingerprint density at radius 2 is 1.92 bits per heavy atom. The van der Waals surface area contributed by atoms with Gasteiger partial charge in [-0.25, -0.2) is 4.79 Å². The maximum Gasteiger partial charge on any atom is 0.345 e. The van der Waals surface area contributed by atoms with Crippen molar-refractivity contribution < 1.29 is 19.5 Å². The van der Waals surface area contributed by atoms with Crippen LogP contribution >= 0.6 is 0 Å². The predicted molar refractivity (Wildman–Crippen MR) is 101 cm³/mol. The van der Waals surface area contributed by atoms with Gasteiger partial charge in [0.1, 0.15) is 18.1 Å². The lowest BCUT2D eigenvalue weighted by molar-refractivity contribution is 0.205. The molecule has 0 unspecified atom stereocenters. The monoisotopic (exact) mass is 358 g/mol. The first kappa shape index (κ1) is 19.6. The Kier molecular flexibility index (Phi) is 6.86. The molecule has 2 amide bonds. The summed E-state index contributed by atoms with van der Waals surface area (Å²) in [4.78, 5) is 11.8. The molecule has 140 valence electrons. The molecule has 2 aromatic rings. The lowest BCUT2D eigenvalue weighted by Gasteiger charge is -2.20. The topological polar surface area (TPSA) is 71.0 Å². The SMILES string of the molecule is CCOc1ccc(COc2ccc(CC)cc2C)c(N(O)C(=O)NC)c1. The van der Waals surface area contributed by atoms with E-state index in [9.17, 15) is 10.0 Å². The predicted octanol–water partition coefficient (Wildman–Crippen LogP) is 4.07. The number of aryl methyl sites for hydroxylation is 2. The van der Waals surface area contributed by atoms with Crippen LogP contribution in [0.4, 0.5) is 10.5 Å². The van der Waals surface area contributed by atoms with Crippen molar-refractivity contribution in [2.45, 2.75) is 33.8 Å². The van der Waals surface area contributed by atoms with Crippen LogP contribution in [0.5, 0.6) is 11.5 Å². The Morgan fingerprint density at radius 3 is 2.54 bits per heavy atom. The van der Waals surface area contributed by atoms with Crippen molar-refractivity contribution in [1.82, 2.24) is 5.32 Å². The molecule has 0 saturated carbocycles. The number of nitrogens with one attached hydrogen (secondary N) is 1. The second-order valence-electron chi connectivity index (χ2n) is 5.83. The van der Waals surface area contributed by atoms with Gasteiger partial charge in [0.05, 0.1) is 12.3 Å². The second-order valence-corrected chi connectivity index (χ2v) is 5.83. The third-order valence-electron chi connectivity index (χ3n) is 4.03. The lowest BCUT2D eigenvalue weighted by Crippen LogP contribution is -2.36. The minimum Gasteiger partial charge on any atom is -0.494 e. The normalized spacial score (nSPS) is 10.3. The van der Waals surface area contributed by atoms with E-state index in [2.05, 4.69) is 18.3 Å². The van der Waals surface area contributed by atoms with Crippen molar-refractivity contribution in [3.05, 3.63) is 53.1 Å². The van der Waals surface area contributed by atoms with Crippen molar-refractivity contribution in [2.24, 2.45) is 0 Å². The van der Waals surface area contributed by atoms with Crippen LogP contribution in [0, 0.1) is 6.92 Å². The Labute approximate surface area is 154 Å². The molecule has 0 fully saturated rings. The summed E-state index contributed by atoms with van der Waals surface area (Å²) in [5.41, 5.74) is 3.28. The van der Waals surface area contributed by atoms with E-state index in [1.165, 1.54) is 12.6 Å². The number of carbonyl (C=O) groups excluding carboxylic acids is 1. The van der Waals surface area contributed by atoms with Gasteiger partial charge < -0.3 is 14.8 Å². The number of urea groups is 1. The van der Waals surface area contributed by atoms with Gasteiger partial charge in [-0.2, -0.15) is 5.06 Å². The highest BCUT2D eigenvalue weighted by Crippen LogP contribution is 2.28. The molecular weight excluding hydrogens is 332 g/mol. The highest BCUT2D eigenvalue weighted by molar-refractivity contribution is 5.90. The summed E-state index contributed by atoms with van der Waals surface area (Å²) >= 11 is 0. The molecule has 2 aromatic carbocycles. The van der Waals surface area contributed by atoms with Gasteiger partial charge in [-0.1, -0.05) is 19.1 Å². The molecule has 6 heteroatoms. The van der Waals surface area contributed by atoms with Gasteiger partial charge in [0.2, 0.25) is 0 Å². The Balaban J connectivity index is 2.26. The van der Waals surface area contributed by atoms with Crippen molar-refractivity contribution in [1.29, 1.82) is 0 Å². The second kappa shape index (κ2) is 9.10. The fourth-order valence-electron chi connectivity index (χ4n) is 2.58. The molecule has 0 radical (unpaired) electrons. The molecule has 6 nitrogen and oxygen atoms in total. The third-order valence-corrected chi connectivity index (χ3v) is 4.03. The number of benzene rings is 2. The van der Waals surface area contributed by atoms with Crippen molar-refractivity contribution in [2.75, 3.05) is 18.7 Å². The van der Waals surface area contributed by atoms with Gasteiger partial charge in [-0.3, -0.25) is 5.21 Å². The maximum absolute atomic E-state index is 11.8. The minimum atomic E-state index is -0.636. The van der Waals surface area contributed by atoms with Crippen molar-refractivity contribution in [3.8, 4) is 11.5 Å². The van der Waals surface area contributed by atoms with E-state index >= 15 is 0 Å². The minimum absolute atomic E-state index is 0.210. The average Bonchev–Trinajstić information content (AvgIpc) is 2.66. The molecular formula is C20H26N2O4. The van der Waals surface area contributed by atoms with Gasteiger partial charge in [0, 0.05) is 18.7 Å². The van der Waals surface area contributed by atoms with Crippen LogP contribution in [0.15, 0.2) is 36.4 Å². The number of amides is 2. The van der Waals surface area contributed by atoms with Crippen LogP contribution < -0.4 is 19.9 Å². The molecule has 0 aliphatic rings. The molecule has 0 aliphatic heterocycles. The quantitative estimate of drug-likeness (QED) is 0.578. The fourth-order valence-corrected chi connectivity index (χ4v) is 2.58. The number of hydrogen-bond donors (Lipinski definition) is 2. The van der Waals surface area contributed by atoms with Crippen LogP contribution in [0.25, 0.3) is 0 Å². The van der Waals surface area contributed by atoms with E-state index in [-0.39, 0.29) is 6.61 Å². The summed E-state index contributed by atoms with van der Waals surface area (Å²) < 4.78 is 11.4. The highest BCUT2D eigenvalue weighted by Gasteiger charge is 2.17. The molecule has 2 N–H and O–H groups in total. The van der Waals surface area contributed by atoms with E-state index in [1.54, 1.807) is 18.2 Å². The van der Waals surface area contributed by atoms with E-state index in [1.807, 2.05) is 26.0 Å². The Bertz CT molecular complexity index is 761. The Hall–Kier alpha value is -2.73. The molecule has 0 saturated heterocycles. The zero-order valence-corrected chi connectivity index (χ0v) is 15.7. The smallest absolute Gasteiger partial charge is 0.345 e.